The molecule has 1 unspecified atom stereocenters. The average molecular weight is 276 g/mol. The standard InChI is InChI=1S/C11H20N2O4S/c1-2-8(10(14)15)7-12-11(16)13-9-3-5-18(17)6-4-9/h8-9H,2-7H2,1H3,(H,14,15)(H2,12,13,16). The molecule has 1 aliphatic rings. The summed E-state index contributed by atoms with van der Waals surface area (Å²) in [6, 6.07) is -0.292. The fourth-order valence-electron chi connectivity index (χ4n) is 1.80. The third-order valence-electron chi connectivity index (χ3n) is 3.07. The van der Waals surface area contributed by atoms with Crippen LogP contribution in [0.15, 0.2) is 0 Å². The summed E-state index contributed by atoms with van der Waals surface area (Å²) in [5, 5.41) is 14.2. The molecule has 0 bridgehead atoms. The van der Waals surface area contributed by atoms with Gasteiger partial charge in [0.25, 0.3) is 0 Å². The van der Waals surface area contributed by atoms with E-state index in [9.17, 15) is 13.8 Å². The topological polar surface area (TPSA) is 95.5 Å². The molecule has 1 aliphatic heterocycles. The van der Waals surface area contributed by atoms with Crippen molar-refractivity contribution in [2.45, 2.75) is 32.2 Å². The first-order valence-electron chi connectivity index (χ1n) is 6.15. The van der Waals surface area contributed by atoms with Gasteiger partial charge in [-0.1, -0.05) is 6.92 Å². The molecule has 18 heavy (non-hydrogen) atoms. The van der Waals surface area contributed by atoms with Gasteiger partial charge in [-0.2, -0.15) is 0 Å². The van der Waals surface area contributed by atoms with Crippen LogP contribution < -0.4 is 10.6 Å². The summed E-state index contributed by atoms with van der Waals surface area (Å²) < 4.78 is 11.1. The Morgan fingerprint density at radius 3 is 2.50 bits per heavy atom. The van der Waals surface area contributed by atoms with Crippen molar-refractivity contribution in [1.29, 1.82) is 0 Å². The zero-order valence-corrected chi connectivity index (χ0v) is 11.3. The second-order valence-electron chi connectivity index (χ2n) is 4.42. The average Bonchev–Trinajstić information content (AvgIpc) is 2.32. The van der Waals surface area contributed by atoms with E-state index in [-0.39, 0.29) is 18.6 Å². The molecule has 2 amide bonds. The zero-order chi connectivity index (χ0) is 13.5. The first kappa shape index (κ1) is 14.9. The molecule has 0 aromatic carbocycles. The minimum absolute atomic E-state index is 0.0487. The Kier molecular flexibility index (Phi) is 6.11. The molecule has 104 valence electrons. The molecule has 1 atom stereocenters. The minimum atomic E-state index is -0.897. The highest BCUT2D eigenvalue weighted by molar-refractivity contribution is 7.85. The highest BCUT2D eigenvalue weighted by Crippen LogP contribution is 2.08. The van der Waals surface area contributed by atoms with Crippen molar-refractivity contribution >= 4 is 22.8 Å². The lowest BCUT2D eigenvalue weighted by Gasteiger charge is -2.23. The van der Waals surface area contributed by atoms with Gasteiger partial charge in [0.1, 0.15) is 0 Å². The number of urea groups is 1. The molecule has 0 aliphatic carbocycles. The maximum Gasteiger partial charge on any atom is 0.315 e. The van der Waals surface area contributed by atoms with Crippen LogP contribution in [-0.2, 0) is 15.6 Å². The van der Waals surface area contributed by atoms with Crippen molar-refractivity contribution in [3.63, 3.8) is 0 Å². The maximum absolute atomic E-state index is 11.5. The second kappa shape index (κ2) is 7.35. The van der Waals surface area contributed by atoms with Gasteiger partial charge in [-0.05, 0) is 19.3 Å². The summed E-state index contributed by atoms with van der Waals surface area (Å²) >= 11 is 0. The predicted octanol–water partition coefficient (Wildman–Crippen LogP) is 0.307. The number of nitrogens with one attached hydrogen (secondary N) is 2. The summed E-state index contributed by atoms with van der Waals surface area (Å²) in [7, 11) is -0.744. The number of carbonyl (C=O) groups is 2. The van der Waals surface area contributed by atoms with E-state index in [1.807, 2.05) is 0 Å². The number of aliphatic carboxylic acids is 1. The molecule has 1 fully saturated rings. The number of carboxylic acid groups (broad SMARTS) is 1. The van der Waals surface area contributed by atoms with Crippen LogP contribution in [0.1, 0.15) is 26.2 Å². The molecule has 3 N–H and O–H groups in total. The lowest BCUT2D eigenvalue weighted by Crippen LogP contribution is -2.46. The molecule has 6 nitrogen and oxygen atoms in total. The largest absolute Gasteiger partial charge is 0.481 e. The molecular weight excluding hydrogens is 256 g/mol. The number of carboxylic acids is 1. The Morgan fingerprint density at radius 1 is 1.39 bits per heavy atom. The number of rotatable bonds is 5. The number of carbonyl (C=O) groups excluding carboxylic acids is 1. The Bertz CT molecular complexity index is 325. The minimum Gasteiger partial charge on any atom is -0.481 e. The van der Waals surface area contributed by atoms with Gasteiger partial charge in [-0.25, -0.2) is 4.79 Å². The van der Waals surface area contributed by atoms with Crippen LogP contribution in [0.3, 0.4) is 0 Å². The van der Waals surface area contributed by atoms with Crippen LogP contribution in [0.4, 0.5) is 4.79 Å². The van der Waals surface area contributed by atoms with Crippen LogP contribution in [0.2, 0.25) is 0 Å². The number of hydrogen-bond donors (Lipinski definition) is 3. The Morgan fingerprint density at radius 2 is 2.00 bits per heavy atom. The quantitative estimate of drug-likeness (QED) is 0.673. The first-order valence-corrected chi connectivity index (χ1v) is 7.63. The van der Waals surface area contributed by atoms with Crippen molar-refractivity contribution in [2.24, 2.45) is 5.92 Å². The molecule has 0 saturated carbocycles. The summed E-state index contributed by atoms with van der Waals surface area (Å²) in [4.78, 5) is 22.3. The van der Waals surface area contributed by atoms with Crippen molar-refractivity contribution in [3.05, 3.63) is 0 Å². The molecule has 1 saturated heterocycles. The maximum atomic E-state index is 11.5. The van der Waals surface area contributed by atoms with E-state index >= 15 is 0 Å². The van der Waals surface area contributed by atoms with E-state index in [4.69, 9.17) is 5.11 Å². The smallest absolute Gasteiger partial charge is 0.315 e. The predicted molar refractivity (Wildman–Crippen MR) is 68.8 cm³/mol. The lowest BCUT2D eigenvalue weighted by atomic mass is 10.1. The molecule has 0 spiro atoms. The fraction of sp³-hybridized carbons (Fsp3) is 0.818. The molecule has 0 aromatic heterocycles. The van der Waals surface area contributed by atoms with Gasteiger partial charge >= 0.3 is 12.0 Å². The molecule has 0 radical (unpaired) electrons. The van der Waals surface area contributed by atoms with Crippen molar-refractivity contribution < 1.29 is 18.9 Å². The molecule has 1 rings (SSSR count). The monoisotopic (exact) mass is 276 g/mol. The van der Waals surface area contributed by atoms with Crippen molar-refractivity contribution in [1.82, 2.24) is 10.6 Å². The van der Waals surface area contributed by atoms with Gasteiger partial charge in [0.05, 0.1) is 5.92 Å². The molecule has 0 aromatic rings. The summed E-state index contributed by atoms with van der Waals surface area (Å²) in [5.41, 5.74) is 0. The lowest BCUT2D eigenvalue weighted by molar-refractivity contribution is -0.141. The van der Waals surface area contributed by atoms with Crippen LogP contribution >= 0.6 is 0 Å². The number of amides is 2. The molecule has 1 heterocycles. The van der Waals surface area contributed by atoms with Crippen LogP contribution in [-0.4, -0.2) is 45.4 Å². The van der Waals surface area contributed by atoms with E-state index in [1.165, 1.54) is 0 Å². The van der Waals surface area contributed by atoms with Crippen LogP contribution in [0, 0.1) is 5.92 Å². The molecular formula is C11H20N2O4S. The first-order chi connectivity index (χ1) is 8.52. The van der Waals surface area contributed by atoms with E-state index in [1.54, 1.807) is 6.92 Å². The van der Waals surface area contributed by atoms with Crippen molar-refractivity contribution in [2.75, 3.05) is 18.1 Å². The second-order valence-corrected chi connectivity index (χ2v) is 6.12. The van der Waals surface area contributed by atoms with E-state index in [2.05, 4.69) is 10.6 Å². The van der Waals surface area contributed by atoms with E-state index in [0.717, 1.165) is 12.8 Å². The van der Waals surface area contributed by atoms with Gasteiger partial charge in [0.2, 0.25) is 0 Å². The Balaban J connectivity index is 2.25. The Labute approximate surface area is 109 Å². The van der Waals surface area contributed by atoms with Gasteiger partial charge < -0.3 is 15.7 Å². The van der Waals surface area contributed by atoms with Gasteiger partial charge in [-0.15, -0.1) is 0 Å². The van der Waals surface area contributed by atoms with Gasteiger partial charge in [0.15, 0.2) is 0 Å². The third-order valence-corrected chi connectivity index (χ3v) is 4.46. The van der Waals surface area contributed by atoms with Gasteiger partial charge in [-0.3, -0.25) is 9.00 Å². The third kappa shape index (κ3) is 5.03. The normalized spacial score (nSPS) is 25.2. The summed E-state index contributed by atoms with van der Waals surface area (Å²) in [6.07, 6.45) is 1.92. The van der Waals surface area contributed by atoms with Crippen molar-refractivity contribution in [3.8, 4) is 0 Å². The van der Waals surface area contributed by atoms with Gasteiger partial charge in [0, 0.05) is 34.9 Å². The van der Waals surface area contributed by atoms with E-state index in [0.29, 0.717) is 17.9 Å². The fourth-order valence-corrected chi connectivity index (χ4v) is 3.10. The van der Waals surface area contributed by atoms with Crippen LogP contribution in [0.25, 0.3) is 0 Å². The SMILES string of the molecule is CCC(CNC(=O)NC1CCS(=O)CC1)C(=O)O. The highest BCUT2D eigenvalue weighted by Gasteiger charge is 2.20. The summed E-state index contributed by atoms with van der Waals surface area (Å²) in [6.45, 7) is 1.91. The number of hydrogen-bond acceptors (Lipinski definition) is 3. The van der Waals surface area contributed by atoms with Crippen LogP contribution in [0.5, 0.6) is 0 Å². The Hall–Kier alpha value is -1.11. The highest BCUT2D eigenvalue weighted by atomic mass is 32.2. The summed E-state index contributed by atoms with van der Waals surface area (Å²) in [5.74, 6) is -0.199. The molecule has 7 heteroatoms. The zero-order valence-electron chi connectivity index (χ0n) is 10.5. The van der Waals surface area contributed by atoms with E-state index < -0.39 is 22.7 Å².